The standard InChI is InChI=1S/C18H14BrFN2O4/c19-12-3-1-11(2-4-12)15-9-18(26-22-15,10-16(23)24)17(25)21-14-7-5-13(20)6-8-14/h1-8H,9-10H2,(H,21,25)(H,23,24)/t18-/m1/s1. The van der Waals surface area contributed by atoms with Crippen LogP contribution in [0.2, 0.25) is 0 Å². The number of rotatable bonds is 5. The lowest BCUT2D eigenvalue weighted by Gasteiger charge is -2.23. The van der Waals surface area contributed by atoms with Gasteiger partial charge in [-0.2, -0.15) is 0 Å². The van der Waals surface area contributed by atoms with Crippen LogP contribution in [0.5, 0.6) is 0 Å². The summed E-state index contributed by atoms with van der Waals surface area (Å²) >= 11 is 3.33. The molecule has 26 heavy (non-hydrogen) atoms. The van der Waals surface area contributed by atoms with Gasteiger partial charge in [0.1, 0.15) is 5.82 Å². The van der Waals surface area contributed by atoms with E-state index in [1.807, 2.05) is 12.1 Å². The summed E-state index contributed by atoms with van der Waals surface area (Å²) in [5.74, 6) is -2.28. The zero-order valence-corrected chi connectivity index (χ0v) is 15.0. The highest BCUT2D eigenvalue weighted by atomic mass is 79.9. The van der Waals surface area contributed by atoms with Crippen molar-refractivity contribution in [2.45, 2.75) is 18.4 Å². The van der Waals surface area contributed by atoms with Gasteiger partial charge in [0.05, 0.1) is 12.1 Å². The Kier molecular flexibility index (Phi) is 5.03. The number of carboxylic acid groups (broad SMARTS) is 1. The first-order valence-corrected chi connectivity index (χ1v) is 8.47. The maximum atomic E-state index is 13.0. The van der Waals surface area contributed by atoms with E-state index in [0.717, 1.165) is 10.0 Å². The predicted octanol–water partition coefficient (Wildman–Crippen LogP) is 3.56. The Morgan fingerprint density at radius 2 is 1.85 bits per heavy atom. The lowest BCUT2D eigenvalue weighted by atomic mass is 9.90. The van der Waals surface area contributed by atoms with Gasteiger partial charge in [-0.25, -0.2) is 4.39 Å². The minimum atomic E-state index is -1.66. The van der Waals surface area contributed by atoms with E-state index in [2.05, 4.69) is 26.4 Å². The summed E-state index contributed by atoms with van der Waals surface area (Å²) in [7, 11) is 0. The predicted molar refractivity (Wildman–Crippen MR) is 96.4 cm³/mol. The van der Waals surface area contributed by atoms with Gasteiger partial charge in [-0.05, 0) is 42.0 Å². The molecule has 1 atom stereocenters. The normalized spacial score (nSPS) is 18.8. The molecule has 6 nitrogen and oxygen atoms in total. The summed E-state index contributed by atoms with van der Waals surface area (Å²) in [6.45, 7) is 0. The monoisotopic (exact) mass is 420 g/mol. The zero-order valence-electron chi connectivity index (χ0n) is 13.4. The minimum absolute atomic E-state index is 0.00790. The molecule has 0 saturated carbocycles. The number of carbonyl (C=O) groups is 2. The highest BCUT2D eigenvalue weighted by molar-refractivity contribution is 9.10. The second-order valence-electron chi connectivity index (χ2n) is 5.84. The molecule has 1 aliphatic heterocycles. The molecule has 1 heterocycles. The average molecular weight is 421 g/mol. The number of hydrogen-bond acceptors (Lipinski definition) is 4. The fourth-order valence-electron chi connectivity index (χ4n) is 2.59. The molecule has 2 N–H and O–H groups in total. The molecule has 8 heteroatoms. The van der Waals surface area contributed by atoms with Gasteiger partial charge in [0.25, 0.3) is 5.91 Å². The summed E-state index contributed by atoms with van der Waals surface area (Å²) < 4.78 is 13.9. The Labute approximate surface area is 156 Å². The van der Waals surface area contributed by atoms with Gasteiger partial charge in [0, 0.05) is 16.6 Å². The summed E-state index contributed by atoms with van der Waals surface area (Å²) in [4.78, 5) is 29.3. The minimum Gasteiger partial charge on any atom is -0.481 e. The highest BCUT2D eigenvalue weighted by Crippen LogP contribution is 2.32. The van der Waals surface area contributed by atoms with Gasteiger partial charge in [-0.1, -0.05) is 33.2 Å². The van der Waals surface area contributed by atoms with Gasteiger partial charge in [-0.3, -0.25) is 9.59 Å². The van der Waals surface area contributed by atoms with E-state index in [-0.39, 0.29) is 6.42 Å². The number of nitrogens with one attached hydrogen (secondary N) is 1. The van der Waals surface area contributed by atoms with Crippen molar-refractivity contribution in [2.24, 2.45) is 5.16 Å². The van der Waals surface area contributed by atoms with Crippen molar-refractivity contribution in [3.63, 3.8) is 0 Å². The summed E-state index contributed by atoms with van der Waals surface area (Å²) in [5.41, 5.74) is -0.118. The number of halogens is 2. The number of benzene rings is 2. The van der Waals surface area contributed by atoms with Crippen LogP contribution >= 0.6 is 15.9 Å². The molecule has 0 radical (unpaired) electrons. The Bertz CT molecular complexity index is 868. The molecule has 0 aliphatic carbocycles. The van der Waals surface area contributed by atoms with Crippen LogP contribution in [0.1, 0.15) is 18.4 Å². The Morgan fingerprint density at radius 3 is 2.46 bits per heavy atom. The molecule has 0 unspecified atom stereocenters. The summed E-state index contributed by atoms with van der Waals surface area (Å²) in [6.07, 6.45) is -0.544. The van der Waals surface area contributed by atoms with Gasteiger partial charge in [0.2, 0.25) is 5.60 Å². The van der Waals surface area contributed by atoms with Crippen molar-refractivity contribution in [2.75, 3.05) is 5.32 Å². The number of carboxylic acids is 1. The van der Waals surface area contributed by atoms with E-state index < -0.39 is 29.7 Å². The van der Waals surface area contributed by atoms with Crippen LogP contribution < -0.4 is 5.32 Å². The third-order valence-electron chi connectivity index (χ3n) is 3.91. The van der Waals surface area contributed by atoms with Crippen molar-refractivity contribution >= 4 is 39.2 Å². The second-order valence-corrected chi connectivity index (χ2v) is 6.75. The number of carbonyl (C=O) groups excluding carboxylic acids is 1. The van der Waals surface area contributed by atoms with Crippen molar-refractivity contribution < 1.29 is 23.9 Å². The molecule has 0 fully saturated rings. The molecule has 3 rings (SSSR count). The SMILES string of the molecule is O=C(O)C[C@@]1(C(=O)Nc2ccc(F)cc2)CC(c2ccc(Br)cc2)=NO1. The first-order valence-electron chi connectivity index (χ1n) is 7.68. The molecular weight excluding hydrogens is 407 g/mol. The van der Waals surface area contributed by atoms with E-state index in [9.17, 15) is 19.1 Å². The Hall–Kier alpha value is -2.74. The number of nitrogens with zero attached hydrogens (tertiary/aromatic N) is 1. The average Bonchev–Trinajstić information content (AvgIpc) is 3.02. The van der Waals surface area contributed by atoms with Crippen molar-refractivity contribution in [1.29, 1.82) is 0 Å². The number of oxime groups is 1. The van der Waals surface area contributed by atoms with E-state index in [0.29, 0.717) is 11.4 Å². The first kappa shape index (κ1) is 18.1. The topological polar surface area (TPSA) is 88.0 Å². The van der Waals surface area contributed by atoms with E-state index in [4.69, 9.17) is 4.84 Å². The fraction of sp³-hybridized carbons (Fsp3) is 0.167. The lowest BCUT2D eigenvalue weighted by Crippen LogP contribution is -2.45. The maximum Gasteiger partial charge on any atom is 0.308 e. The number of aliphatic carboxylic acids is 1. The van der Waals surface area contributed by atoms with Crippen LogP contribution in [0, 0.1) is 5.82 Å². The van der Waals surface area contributed by atoms with Crippen LogP contribution in [-0.4, -0.2) is 28.3 Å². The zero-order chi connectivity index (χ0) is 18.7. The fourth-order valence-corrected chi connectivity index (χ4v) is 2.86. The van der Waals surface area contributed by atoms with E-state index in [1.165, 1.54) is 24.3 Å². The second kappa shape index (κ2) is 7.25. The summed E-state index contributed by atoms with van der Waals surface area (Å²) in [6, 6.07) is 12.4. The number of anilines is 1. The van der Waals surface area contributed by atoms with Gasteiger partial charge in [0.15, 0.2) is 0 Å². The quantitative estimate of drug-likeness (QED) is 0.773. The molecule has 0 spiro atoms. The van der Waals surface area contributed by atoms with Crippen LogP contribution in [0.3, 0.4) is 0 Å². The molecule has 2 aromatic rings. The van der Waals surface area contributed by atoms with Crippen LogP contribution in [-0.2, 0) is 14.4 Å². The maximum absolute atomic E-state index is 13.0. The Balaban J connectivity index is 1.81. The molecule has 2 aromatic carbocycles. The third-order valence-corrected chi connectivity index (χ3v) is 4.44. The van der Waals surface area contributed by atoms with Gasteiger partial charge >= 0.3 is 5.97 Å². The largest absolute Gasteiger partial charge is 0.481 e. The van der Waals surface area contributed by atoms with Crippen LogP contribution in [0.4, 0.5) is 10.1 Å². The van der Waals surface area contributed by atoms with Crippen molar-refractivity contribution in [3.8, 4) is 0 Å². The number of amides is 1. The molecule has 1 aliphatic rings. The smallest absolute Gasteiger partial charge is 0.308 e. The lowest BCUT2D eigenvalue weighted by molar-refractivity contribution is -0.152. The summed E-state index contributed by atoms with van der Waals surface area (Å²) in [5, 5.41) is 15.7. The van der Waals surface area contributed by atoms with Gasteiger partial charge < -0.3 is 15.3 Å². The van der Waals surface area contributed by atoms with Crippen molar-refractivity contribution in [3.05, 3.63) is 64.4 Å². The number of hydrogen-bond donors (Lipinski definition) is 2. The molecule has 0 saturated heterocycles. The third kappa shape index (κ3) is 3.91. The Morgan fingerprint density at radius 1 is 1.19 bits per heavy atom. The molecular formula is C18H14BrFN2O4. The molecule has 0 bridgehead atoms. The molecule has 0 aromatic heterocycles. The van der Waals surface area contributed by atoms with E-state index >= 15 is 0 Å². The highest BCUT2D eigenvalue weighted by Gasteiger charge is 2.48. The van der Waals surface area contributed by atoms with Crippen LogP contribution in [0.25, 0.3) is 0 Å². The molecule has 1 amide bonds. The van der Waals surface area contributed by atoms with Gasteiger partial charge in [-0.15, -0.1) is 0 Å². The van der Waals surface area contributed by atoms with E-state index in [1.54, 1.807) is 12.1 Å². The van der Waals surface area contributed by atoms with Crippen LogP contribution in [0.15, 0.2) is 58.2 Å². The van der Waals surface area contributed by atoms with Crippen molar-refractivity contribution in [1.82, 2.24) is 0 Å². The molecule has 134 valence electrons. The first-order chi connectivity index (χ1) is 12.4.